The molecule has 0 aliphatic heterocycles. The van der Waals surface area contributed by atoms with Gasteiger partial charge >= 0.3 is 0 Å². The number of para-hydroxylation sites is 1. The number of aromatic nitrogens is 2. The second-order valence-electron chi connectivity index (χ2n) is 4.52. The minimum Gasteiger partial charge on any atom is -0.419 e. The molecule has 0 saturated heterocycles. The van der Waals surface area contributed by atoms with Crippen molar-refractivity contribution in [1.82, 2.24) is 10.2 Å². The van der Waals surface area contributed by atoms with E-state index in [0.29, 0.717) is 28.9 Å². The molecule has 22 heavy (non-hydrogen) atoms. The second-order valence-corrected chi connectivity index (χ2v) is 4.96. The molecule has 0 aliphatic rings. The number of rotatable bonds is 4. The highest BCUT2D eigenvalue weighted by atomic mass is 35.5. The van der Waals surface area contributed by atoms with Crippen molar-refractivity contribution in [2.24, 2.45) is 0 Å². The highest BCUT2D eigenvalue weighted by Gasteiger charge is 2.09. The smallest absolute Gasteiger partial charge is 0.247 e. The molecule has 3 aromatic rings. The van der Waals surface area contributed by atoms with E-state index in [1.807, 2.05) is 30.3 Å². The first-order valence-corrected chi connectivity index (χ1v) is 6.95. The van der Waals surface area contributed by atoms with E-state index < -0.39 is 0 Å². The van der Waals surface area contributed by atoms with Crippen molar-refractivity contribution in [2.75, 3.05) is 5.32 Å². The quantitative estimate of drug-likeness (QED) is 0.791. The molecule has 0 bridgehead atoms. The van der Waals surface area contributed by atoms with E-state index in [0.717, 1.165) is 11.3 Å². The van der Waals surface area contributed by atoms with Gasteiger partial charge in [-0.1, -0.05) is 29.8 Å². The van der Waals surface area contributed by atoms with Crippen molar-refractivity contribution in [1.29, 1.82) is 5.26 Å². The van der Waals surface area contributed by atoms with Gasteiger partial charge in [-0.25, -0.2) is 0 Å². The largest absolute Gasteiger partial charge is 0.419 e. The summed E-state index contributed by atoms with van der Waals surface area (Å²) < 4.78 is 5.59. The third kappa shape index (κ3) is 3.08. The van der Waals surface area contributed by atoms with E-state index in [4.69, 9.17) is 21.3 Å². The maximum Gasteiger partial charge on any atom is 0.247 e. The lowest BCUT2D eigenvalue weighted by atomic mass is 10.2. The van der Waals surface area contributed by atoms with E-state index >= 15 is 0 Å². The average molecular weight is 311 g/mol. The summed E-state index contributed by atoms with van der Waals surface area (Å²) in [6.07, 6.45) is 0. The fourth-order valence-electron chi connectivity index (χ4n) is 1.97. The number of halogens is 1. The van der Waals surface area contributed by atoms with Gasteiger partial charge in [0.2, 0.25) is 11.8 Å². The lowest BCUT2D eigenvalue weighted by Crippen LogP contribution is -2.01. The summed E-state index contributed by atoms with van der Waals surface area (Å²) in [4.78, 5) is 0. The Bertz CT molecular complexity index is 838. The molecule has 0 atom stereocenters. The van der Waals surface area contributed by atoms with Crippen LogP contribution >= 0.6 is 11.6 Å². The maximum absolute atomic E-state index is 9.04. The van der Waals surface area contributed by atoms with E-state index in [9.17, 15) is 0 Å². The summed E-state index contributed by atoms with van der Waals surface area (Å²) in [6.45, 7) is 0.340. The molecule has 1 N–H and O–H groups in total. The third-order valence-corrected chi connectivity index (χ3v) is 3.25. The minimum atomic E-state index is 0.340. The fourth-order valence-corrected chi connectivity index (χ4v) is 2.16. The Morgan fingerprint density at radius 1 is 1.14 bits per heavy atom. The number of nitrogens with one attached hydrogen (secondary N) is 1. The molecule has 0 unspecified atom stereocenters. The van der Waals surface area contributed by atoms with Gasteiger partial charge in [0.25, 0.3) is 0 Å². The predicted octanol–water partition coefficient (Wildman–Crippen LogP) is 3.87. The topological polar surface area (TPSA) is 74.7 Å². The van der Waals surface area contributed by atoms with Crippen LogP contribution in [0.15, 0.2) is 52.9 Å². The van der Waals surface area contributed by atoms with E-state index in [1.54, 1.807) is 18.2 Å². The third-order valence-electron chi connectivity index (χ3n) is 3.02. The van der Waals surface area contributed by atoms with Crippen molar-refractivity contribution >= 4 is 17.3 Å². The van der Waals surface area contributed by atoms with Gasteiger partial charge in [-0.05, 0) is 30.3 Å². The van der Waals surface area contributed by atoms with Crippen LogP contribution in [-0.2, 0) is 6.54 Å². The van der Waals surface area contributed by atoms with Crippen LogP contribution in [0.1, 0.15) is 11.5 Å². The van der Waals surface area contributed by atoms with Crippen molar-refractivity contribution in [3.63, 3.8) is 0 Å². The summed E-state index contributed by atoms with van der Waals surface area (Å²) in [5.41, 5.74) is 2.06. The van der Waals surface area contributed by atoms with Crippen molar-refractivity contribution in [3.8, 4) is 17.5 Å². The van der Waals surface area contributed by atoms with Gasteiger partial charge in [0.05, 0.1) is 17.8 Å². The first kappa shape index (κ1) is 14.1. The number of nitriles is 1. The lowest BCUT2D eigenvalue weighted by molar-refractivity contribution is 0.515. The number of benzene rings is 2. The van der Waals surface area contributed by atoms with Crippen LogP contribution in [-0.4, -0.2) is 10.2 Å². The Labute approximate surface area is 132 Å². The molecule has 3 rings (SSSR count). The molecule has 6 heteroatoms. The van der Waals surface area contributed by atoms with E-state index in [2.05, 4.69) is 21.6 Å². The summed E-state index contributed by atoms with van der Waals surface area (Å²) >= 11 is 5.94. The molecule has 5 nitrogen and oxygen atoms in total. The molecular formula is C16H11ClN4O. The minimum absolute atomic E-state index is 0.340. The molecule has 0 fully saturated rings. The second kappa shape index (κ2) is 6.29. The molecule has 0 spiro atoms. The van der Waals surface area contributed by atoms with E-state index in [-0.39, 0.29) is 0 Å². The van der Waals surface area contributed by atoms with Gasteiger partial charge < -0.3 is 9.73 Å². The van der Waals surface area contributed by atoms with Crippen LogP contribution < -0.4 is 5.32 Å². The molecular weight excluding hydrogens is 300 g/mol. The van der Waals surface area contributed by atoms with Crippen LogP contribution in [0, 0.1) is 11.3 Å². The fraction of sp³-hybridized carbons (Fsp3) is 0.0625. The molecule has 0 aliphatic carbocycles. The van der Waals surface area contributed by atoms with Gasteiger partial charge in [-0.3, -0.25) is 0 Å². The van der Waals surface area contributed by atoms with Gasteiger partial charge in [0.15, 0.2) is 0 Å². The highest BCUT2D eigenvalue weighted by molar-refractivity contribution is 6.30. The number of nitrogens with zero attached hydrogens (tertiary/aromatic N) is 3. The van der Waals surface area contributed by atoms with Crippen LogP contribution in [0.2, 0.25) is 5.02 Å². The van der Waals surface area contributed by atoms with Gasteiger partial charge in [0.1, 0.15) is 6.07 Å². The maximum atomic E-state index is 9.04. The summed E-state index contributed by atoms with van der Waals surface area (Å²) in [5.74, 6) is 0.843. The van der Waals surface area contributed by atoms with Gasteiger partial charge in [-0.15, -0.1) is 10.2 Å². The Morgan fingerprint density at radius 3 is 2.82 bits per heavy atom. The van der Waals surface area contributed by atoms with Crippen LogP contribution in [0.25, 0.3) is 11.5 Å². The van der Waals surface area contributed by atoms with Crippen molar-refractivity contribution in [2.45, 2.75) is 6.54 Å². The Hall–Kier alpha value is -2.84. The van der Waals surface area contributed by atoms with Crippen molar-refractivity contribution in [3.05, 3.63) is 65.0 Å². The van der Waals surface area contributed by atoms with Crippen LogP contribution in [0.3, 0.4) is 0 Å². The van der Waals surface area contributed by atoms with Crippen LogP contribution in [0.4, 0.5) is 5.69 Å². The Balaban J connectivity index is 1.74. The first-order chi connectivity index (χ1) is 10.8. The summed E-state index contributed by atoms with van der Waals surface area (Å²) in [5, 5.41) is 20.8. The van der Waals surface area contributed by atoms with E-state index in [1.165, 1.54) is 0 Å². The zero-order valence-electron chi connectivity index (χ0n) is 11.5. The molecule has 1 aromatic heterocycles. The summed E-state index contributed by atoms with van der Waals surface area (Å²) in [7, 11) is 0. The average Bonchev–Trinajstić information content (AvgIpc) is 3.02. The molecule has 0 saturated carbocycles. The van der Waals surface area contributed by atoms with Crippen molar-refractivity contribution < 1.29 is 4.42 Å². The molecule has 0 radical (unpaired) electrons. The van der Waals surface area contributed by atoms with Gasteiger partial charge in [0, 0.05) is 10.6 Å². The summed E-state index contributed by atoms with van der Waals surface area (Å²) in [6, 6.07) is 16.6. The monoisotopic (exact) mass is 310 g/mol. The Morgan fingerprint density at radius 2 is 2.00 bits per heavy atom. The number of hydrogen-bond acceptors (Lipinski definition) is 5. The normalized spacial score (nSPS) is 10.2. The predicted molar refractivity (Wildman–Crippen MR) is 83.2 cm³/mol. The molecule has 1 heterocycles. The zero-order chi connectivity index (χ0) is 15.4. The SMILES string of the molecule is N#Cc1ccccc1NCc1nnc(-c2cccc(Cl)c2)o1. The number of anilines is 1. The molecule has 108 valence electrons. The molecule has 0 amide bonds. The van der Waals surface area contributed by atoms with Crippen LogP contribution in [0.5, 0.6) is 0 Å². The number of hydrogen-bond donors (Lipinski definition) is 1. The molecule has 2 aromatic carbocycles. The first-order valence-electron chi connectivity index (χ1n) is 6.57. The standard InChI is InChI=1S/C16H11ClN4O/c17-13-6-3-5-11(8-13)16-21-20-15(22-16)10-19-14-7-2-1-4-12(14)9-18/h1-8,19H,10H2. The van der Waals surface area contributed by atoms with Gasteiger partial charge in [-0.2, -0.15) is 5.26 Å². The highest BCUT2D eigenvalue weighted by Crippen LogP contribution is 2.22. The lowest BCUT2D eigenvalue weighted by Gasteiger charge is -2.04. The Kier molecular flexibility index (Phi) is 4.03. The zero-order valence-corrected chi connectivity index (χ0v) is 12.2.